The van der Waals surface area contributed by atoms with Crippen LogP contribution in [0.5, 0.6) is 0 Å². The van der Waals surface area contributed by atoms with E-state index in [-0.39, 0.29) is 0 Å². The summed E-state index contributed by atoms with van der Waals surface area (Å²) in [7, 11) is 1.32. The van der Waals surface area contributed by atoms with Crippen molar-refractivity contribution < 1.29 is 19.1 Å². The first-order valence-electron chi connectivity index (χ1n) is 4.67. The van der Waals surface area contributed by atoms with E-state index in [2.05, 4.69) is 17.9 Å². The van der Waals surface area contributed by atoms with Crippen molar-refractivity contribution in [3.63, 3.8) is 0 Å². The van der Waals surface area contributed by atoms with Crippen LogP contribution in [-0.4, -0.2) is 25.7 Å². The van der Waals surface area contributed by atoms with Crippen LogP contribution in [0, 0.1) is 0 Å². The van der Waals surface area contributed by atoms with Gasteiger partial charge < -0.3 is 9.47 Å². The SMILES string of the molecule is C=CC(=O)OCCCCC(=C)C(=O)OC. The highest BCUT2D eigenvalue weighted by Crippen LogP contribution is 2.06. The number of hydrogen-bond donors (Lipinski definition) is 0. The zero-order chi connectivity index (χ0) is 11.7. The second kappa shape index (κ2) is 7.79. The molecule has 0 rings (SSSR count). The Hall–Kier alpha value is -1.58. The van der Waals surface area contributed by atoms with Gasteiger partial charge in [-0.3, -0.25) is 0 Å². The Kier molecular flexibility index (Phi) is 6.97. The molecule has 0 aromatic carbocycles. The van der Waals surface area contributed by atoms with Crippen molar-refractivity contribution in [2.45, 2.75) is 19.3 Å². The molecule has 4 heteroatoms. The van der Waals surface area contributed by atoms with Crippen LogP contribution in [-0.2, 0) is 19.1 Å². The molecule has 0 aliphatic rings. The van der Waals surface area contributed by atoms with Gasteiger partial charge in [0.2, 0.25) is 0 Å². The molecule has 0 spiro atoms. The summed E-state index contributed by atoms with van der Waals surface area (Å²) in [4.78, 5) is 21.5. The lowest BCUT2D eigenvalue weighted by atomic mass is 10.1. The van der Waals surface area contributed by atoms with Crippen LogP contribution in [0.4, 0.5) is 0 Å². The van der Waals surface area contributed by atoms with Crippen molar-refractivity contribution in [1.82, 2.24) is 0 Å². The fourth-order valence-corrected chi connectivity index (χ4v) is 0.919. The molecular weight excluding hydrogens is 196 g/mol. The molecule has 0 radical (unpaired) electrons. The van der Waals surface area contributed by atoms with E-state index >= 15 is 0 Å². The number of unbranched alkanes of at least 4 members (excludes halogenated alkanes) is 1. The van der Waals surface area contributed by atoms with Gasteiger partial charge in [0, 0.05) is 11.6 Å². The van der Waals surface area contributed by atoms with Crippen molar-refractivity contribution in [3.05, 3.63) is 24.8 Å². The Bertz CT molecular complexity index is 255. The molecule has 0 unspecified atom stereocenters. The maximum atomic E-state index is 10.9. The number of carbonyl (C=O) groups is 2. The summed E-state index contributed by atoms with van der Waals surface area (Å²) in [5.41, 5.74) is 0.438. The van der Waals surface area contributed by atoms with Gasteiger partial charge in [0.05, 0.1) is 13.7 Å². The van der Waals surface area contributed by atoms with Gasteiger partial charge >= 0.3 is 11.9 Å². The van der Waals surface area contributed by atoms with Crippen LogP contribution in [0.1, 0.15) is 19.3 Å². The molecule has 0 aromatic rings. The van der Waals surface area contributed by atoms with Crippen LogP contribution in [0.2, 0.25) is 0 Å². The van der Waals surface area contributed by atoms with Gasteiger partial charge in [0.1, 0.15) is 0 Å². The van der Waals surface area contributed by atoms with Crippen molar-refractivity contribution in [1.29, 1.82) is 0 Å². The summed E-state index contributed by atoms with van der Waals surface area (Å²) in [6, 6.07) is 0. The first-order chi connectivity index (χ1) is 7.11. The Balaban J connectivity index is 3.47. The summed E-state index contributed by atoms with van der Waals surface area (Å²) in [6.07, 6.45) is 3.10. The highest BCUT2D eigenvalue weighted by Gasteiger charge is 2.05. The van der Waals surface area contributed by atoms with Crippen LogP contribution in [0.3, 0.4) is 0 Å². The second-order valence-corrected chi connectivity index (χ2v) is 2.92. The van der Waals surface area contributed by atoms with Gasteiger partial charge in [-0.15, -0.1) is 0 Å². The molecule has 0 bridgehead atoms. The second-order valence-electron chi connectivity index (χ2n) is 2.92. The minimum absolute atomic E-state index is 0.333. The highest BCUT2D eigenvalue weighted by atomic mass is 16.5. The Morgan fingerprint density at radius 1 is 1.33 bits per heavy atom. The molecule has 0 aliphatic heterocycles. The lowest BCUT2D eigenvalue weighted by molar-refractivity contribution is -0.138. The molecule has 0 fully saturated rings. The quantitative estimate of drug-likeness (QED) is 0.365. The molecule has 0 N–H and O–H groups in total. The fraction of sp³-hybridized carbons (Fsp3) is 0.455. The molecule has 0 heterocycles. The van der Waals surface area contributed by atoms with E-state index < -0.39 is 11.9 Å². The maximum absolute atomic E-state index is 10.9. The van der Waals surface area contributed by atoms with Gasteiger partial charge in [0.25, 0.3) is 0 Å². The summed E-state index contributed by atoms with van der Waals surface area (Å²) >= 11 is 0. The van der Waals surface area contributed by atoms with Crippen molar-refractivity contribution in [2.75, 3.05) is 13.7 Å². The number of esters is 2. The lowest BCUT2D eigenvalue weighted by Gasteiger charge is -2.03. The van der Waals surface area contributed by atoms with E-state index in [1.54, 1.807) is 0 Å². The number of hydrogen-bond acceptors (Lipinski definition) is 4. The topological polar surface area (TPSA) is 52.6 Å². The fourth-order valence-electron chi connectivity index (χ4n) is 0.919. The zero-order valence-corrected chi connectivity index (χ0v) is 8.95. The van der Waals surface area contributed by atoms with Crippen LogP contribution < -0.4 is 0 Å². The Labute approximate surface area is 89.6 Å². The van der Waals surface area contributed by atoms with Crippen LogP contribution in [0.15, 0.2) is 24.8 Å². The minimum atomic E-state index is -0.429. The molecule has 15 heavy (non-hydrogen) atoms. The summed E-state index contributed by atoms with van der Waals surface area (Å²) < 4.78 is 9.24. The minimum Gasteiger partial charge on any atom is -0.466 e. The van der Waals surface area contributed by atoms with Crippen molar-refractivity contribution >= 4 is 11.9 Å². The predicted octanol–water partition coefficient (Wildman–Crippen LogP) is 1.62. The van der Waals surface area contributed by atoms with E-state index in [0.717, 1.165) is 12.5 Å². The van der Waals surface area contributed by atoms with E-state index in [1.165, 1.54) is 7.11 Å². The monoisotopic (exact) mass is 212 g/mol. The summed E-state index contributed by atoms with van der Waals surface area (Å²) in [5, 5.41) is 0. The van der Waals surface area contributed by atoms with Gasteiger partial charge in [-0.05, 0) is 19.3 Å². The standard InChI is InChI=1S/C11H16O4/c1-4-10(12)15-8-6-5-7-9(2)11(13)14-3/h4H,1-2,5-8H2,3H3. The smallest absolute Gasteiger partial charge is 0.333 e. The molecular formula is C11H16O4. The molecule has 4 nitrogen and oxygen atoms in total. The molecule has 0 aromatic heterocycles. The summed E-state index contributed by atoms with van der Waals surface area (Å²) in [5.74, 6) is -0.820. The van der Waals surface area contributed by atoms with Crippen molar-refractivity contribution in [2.24, 2.45) is 0 Å². The van der Waals surface area contributed by atoms with Gasteiger partial charge in [-0.25, -0.2) is 9.59 Å². The lowest BCUT2D eigenvalue weighted by Crippen LogP contribution is -2.05. The van der Waals surface area contributed by atoms with Gasteiger partial charge in [-0.2, -0.15) is 0 Å². The van der Waals surface area contributed by atoms with Crippen LogP contribution in [0.25, 0.3) is 0 Å². The van der Waals surface area contributed by atoms with E-state index in [0.29, 0.717) is 25.0 Å². The first-order valence-corrected chi connectivity index (χ1v) is 4.67. The Morgan fingerprint density at radius 3 is 2.53 bits per heavy atom. The predicted molar refractivity (Wildman–Crippen MR) is 56.2 cm³/mol. The average molecular weight is 212 g/mol. The van der Waals surface area contributed by atoms with Crippen molar-refractivity contribution in [3.8, 4) is 0 Å². The normalized spacial score (nSPS) is 9.13. The molecule has 84 valence electrons. The molecule has 0 atom stereocenters. The summed E-state index contributed by atoms with van der Waals surface area (Å²) in [6.45, 7) is 7.18. The van der Waals surface area contributed by atoms with E-state index in [9.17, 15) is 9.59 Å². The Morgan fingerprint density at radius 2 is 2.00 bits per heavy atom. The first kappa shape index (κ1) is 13.4. The molecule has 0 saturated heterocycles. The number of rotatable bonds is 7. The van der Waals surface area contributed by atoms with Gasteiger partial charge in [-0.1, -0.05) is 13.2 Å². The molecule has 0 aliphatic carbocycles. The van der Waals surface area contributed by atoms with Crippen LogP contribution >= 0.6 is 0 Å². The largest absolute Gasteiger partial charge is 0.466 e. The molecule has 0 amide bonds. The van der Waals surface area contributed by atoms with E-state index in [1.807, 2.05) is 0 Å². The third-order valence-corrected chi connectivity index (χ3v) is 1.76. The maximum Gasteiger partial charge on any atom is 0.333 e. The van der Waals surface area contributed by atoms with Gasteiger partial charge in [0.15, 0.2) is 0 Å². The zero-order valence-electron chi connectivity index (χ0n) is 8.95. The highest BCUT2D eigenvalue weighted by molar-refractivity contribution is 5.87. The number of methoxy groups -OCH3 is 1. The third kappa shape index (κ3) is 6.49. The molecule has 0 saturated carbocycles. The van der Waals surface area contributed by atoms with E-state index in [4.69, 9.17) is 4.74 Å². The number of ether oxygens (including phenoxy) is 2. The average Bonchev–Trinajstić information content (AvgIpc) is 2.26. The third-order valence-electron chi connectivity index (χ3n) is 1.76. The number of carbonyl (C=O) groups excluding carboxylic acids is 2.